The molecule has 4 aromatic rings. The molecule has 10 heterocycles. The van der Waals surface area contributed by atoms with Crippen LogP contribution < -0.4 is 52.3 Å². The summed E-state index contributed by atoms with van der Waals surface area (Å²) in [4.78, 5) is 59.5. The lowest BCUT2D eigenvalue weighted by molar-refractivity contribution is -0.0580. The van der Waals surface area contributed by atoms with Gasteiger partial charge in [-0.2, -0.15) is 19.9 Å². The van der Waals surface area contributed by atoms with E-state index in [1.54, 1.807) is 21.8 Å². The van der Waals surface area contributed by atoms with Gasteiger partial charge < -0.3 is 91.7 Å². The molecule has 6 aliphatic heterocycles. The van der Waals surface area contributed by atoms with Gasteiger partial charge in [0, 0.05) is 89.7 Å². The monoisotopic (exact) mass is 1030 g/mol. The van der Waals surface area contributed by atoms with Crippen molar-refractivity contribution in [2.24, 2.45) is 0 Å². The van der Waals surface area contributed by atoms with Crippen molar-refractivity contribution in [1.29, 1.82) is 0 Å². The number of urea groups is 2. The quantitative estimate of drug-likeness (QED) is 0.0567. The fourth-order valence-corrected chi connectivity index (χ4v) is 11.5. The maximum Gasteiger partial charge on any atom is 0.315 e. The predicted molar refractivity (Wildman–Crippen MR) is 267 cm³/mol. The Kier molecular flexibility index (Phi) is 15.0. The summed E-state index contributed by atoms with van der Waals surface area (Å²) in [5, 5.41) is 70.4. The van der Waals surface area contributed by atoms with Crippen LogP contribution in [0, 0.1) is 0 Å². The zero-order valence-electron chi connectivity index (χ0n) is 41.7. The van der Waals surface area contributed by atoms with E-state index in [-0.39, 0.29) is 61.5 Å². The lowest BCUT2D eigenvalue weighted by Gasteiger charge is -2.31. The summed E-state index contributed by atoms with van der Waals surface area (Å²) in [6.45, 7) is 5.55. The van der Waals surface area contributed by atoms with Crippen molar-refractivity contribution in [1.82, 2.24) is 70.9 Å². The van der Waals surface area contributed by atoms with Crippen LogP contribution in [0.3, 0.4) is 0 Å². The molecular formula is C46H70N18O10. The molecule has 0 unspecified atom stereocenters. The van der Waals surface area contributed by atoms with E-state index in [1.807, 2.05) is 9.80 Å². The van der Waals surface area contributed by atoms with Crippen LogP contribution in [0.25, 0.3) is 22.3 Å². The van der Waals surface area contributed by atoms with Crippen LogP contribution in [0.2, 0.25) is 0 Å². The van der Waals surface area contributed by atoms with Gasteiger partial charge in [0.2, 0.25) is 11.9 Å². The number of hydrogen-bond donors (Lipinski definition) is 12. The first-order chi connectivity index (χ1) is 36.0. The molecule has 7 aliphatic rings. The number of amides is 4. The molecule has 11 rings (SSSR count). The number of carbonyl (C=O) groups is 2. The molecule has 1 saturated carbocycles. The van der Waals surface area contributed by atoms with Gasteiger partial charge in [-0.3, -0.25) is 9.13 Å². The van der Waals surface area contributed by atoms with E-state index in [4.69, 9.17) is 48.9 Å². The maximum atomic E-state index is 12.9. The number of nitrogens with one attached hydrogen (secondary N) is 8. The number of nitrogens with zero attached hydrogens (tertiary/aromatic N) is 10. The Morgan fingerprint density at radius 3 is 1.39 bits per heavy atom. The van der Waals surface area contributed by atoms with Crippen LogP contribution in [0.15, 0.2) is 12.7 Å². The van der Waals surface area contributed by atoms with Crippen molar-refractivity contribution >= 4 is 57.9 Å². The Hall–Kier alpha value is -5.56. The molecule has 0 spiro atoms. The summed E-state index contributed by atoms with van der Waals surface area (Å²) in [5.74, 6) is 1.88. The van der Waals surface area contributed by atoms with E-state index >= 15 is 0 Å². The molecule has 12 N–H and O–H groups in total. The first-order valence-corrected chi connectivity index (χ1v) is 26.1. The fourth-order valence-electron chi connectivity index (χ4n) is 11.5. The van der Waals surface area contributed by atoms with Gasteiger partial charge >= 0.3 is 12.1 Å². The highest BCUT2D eigenvalue weighted by Gasteiger charge is 2.46. The van der Waals surface area contributed by atoms with Gasteiger partial charge in [-0.25, -0.2) is 19.6 Å². The van der Waals surface area contributed by atoms with Gasteiger partial charge in [0.25, 0.3) is 0 Å². The molecule has 0 aromatic carbocycles. The second kappa shape index (κ2) is 22.0. The summed E-state index contributed by atoms with van der Waals surface area (Å²) in [5.41, 5.74) is 1.78. The van der Waals surface area contributed by atoms with E-state index in [0.717, 1.165) is 64.7 Å². The zero-order valence-corrected chi connectivity index (χ0v) is 41.7. The molecule has 28 heteroatoms. The van der Waals surface area contributed by atoms with Gasteiger partial charge in [-0.1, -0.05) is 0 Å². The van der Waals surface area contributed by atoms with E-state index in [2.05, 4.69) is 42.5 Å². The minimum Gasteiger partial charge on any atom is -0.387 e. The summed E-state index contributed by atoms with van der Waals surface area (Å²) in [7, 11) is 3.01. The Labute approximate surface area is 426 Å². The van der Waals surface area contributed by atoms with E-state index in [1.165, 1.54) is 14.2 Å². The summed E-state index contributed by atoms with van der Waals surface area (Å²) in [6, 6.07) is -0.531. The van der Waals surface area contributed by atoms with Crippen LogP contribution in [0.5, 0.6) is 0 Å². The van der Waals surface area contributed by atoms with Gasteiger partial charge in [0.05, 0.1) is 25.9 Å². The number of fused-ring (bicyclic) bond motifs is 2. The number of rotatable bonds is 16. The Morgan fingerprint density at radius 2 is 1.00 bits per heavy atom. The van der Waals surface area contributed by atoms with Crippen molar-refractivity contribution < 1.29 is 49.0 Å². The minimum atomic E-state index is -1.27. The third-order valence-corrected chi connectivity index (χ3v) is 15.5. The minimum absolute atomic E-state index is 0.0176. The van der Waals surface area contributed by atoms with Gasteiger partial charge in [0.15, 0.2) is 46.4 Å². The van der Waals surface area contributed by atoms with E-state index in [0.29, 0.717) is 84.9 Å². The second-order valence-electron chi connectivity index (χ2n) is 20.7. The summed E-state index contributed by atoms with van der Waals surface area (Å²) < 4.78 is 26.0. The van der Waals surface area contributed by atoms with Crippen LogP contribution in [0.4, 0.5) is 33.1 Å². The number of ether oxygens (including phenoxy) is 4. The van der Waals surface area contributed by atoms with E-state index < -0.39 is 49.1 Å². The number of hydrogen-bond acceptors (Lipinski definition) is 22. The molecule has 74 heavy (non-hydrogen) atoms. The SMILES string of the molecule is COC[C@H]1O[C@@H](n2cnc3c(N[C@H]4CC[C@H](Nc5nc(N6CC[C@@H](NC(=O)N[C@@H]7CCNC7)C6)nc6c5ncn6[C@@H]5O[C@H](COC)[C@@H](O)[C@H]5O)CC4)nc(N4CC[C@@H](NC(=O)N[C@@H]5CCNC5)C4)nc32)[C@H](O)[C@@H]1O. The number of imidazole rings is 2. The highest BCUT2D eigenvalue weighted by molar-refractivity contribution is 5.86. The van der Waals surface area contributed by atoms with Crippen molar-refractivity contribution in [3.8, 4) is 0 Å². The molecule has 0 radical (unpaired) electrons. The van der Waals surface area contributed by atoms with Crippen LogP contribution >= 0.6 is 0 Å². The van der Waals surface area contributed by atoms with Crippen LogP contribution in [0.1, 0.15) is 63.8 Å². The first-order valence-electron chi connectivity index (χ1n) is 26.1. The molecule has 6 saturated heterocycles. The topological polar surface area (TPSA) is 342 Å². The van der Waals surface area contributed by atoms with E-state index in [9.17, 15) is 30.0 Å². The number of aliphatic hydroxyl groups is 4. The van der Waals surface area contributed by atoms with Gasteiger partial charge in [-0.15, -0.1) is 0 Å². The smallest absolute Gasteiger partial charge is 0.315 e. The van der Waals surface area contributed by atoms with Crippen LogP contribution in [-0.2, 0) is 18.9 Å². The first kappa shape index (κ1) is 50.6. The third kappa shape index (κ3) is 10.5. The Balaban J connectivity index is 0.810. The average Bonchev–Trinajstić information content (AvgIpc) is 4.27. The number of carbonyl (C=O) groups excluding carboxylic acids is 2. The highest BCUT2D eigenvalue weighted by atomic mass is 16.6. The molecular weight excluding hydrogens is 965 g/mol. The van der Waals surface area contributed by atoms with Crippen molar-refractivity contribution in [2.45, 2.75) is 137 Å². The van der Waals surface area contributed by atoms with Crippen LogP contribution in [-0.4, -0.2) is 224 Å². The lowest BCUT2D eigenvalue weighted by Crippen LogP contribution is -2.47. The molecule has 7 fully saturated rings. The highest BCUT2D eigenvalue weighted by Crippen LogP contribution is 2.37. The number of aromatic nitrogens is 8. The maximum absolute atomic E-state index is 12.9. The summed E-state index contributed by atoms with van der Waals surface area (Å²) >= 11 is 0. The standard InChI is InChI=1S/C46H70N18O10/c1-71-19-29-33(65)35(67)41(73-29)63-21-49-31-37(57-43(59-39(31)63)61-13-9-27(17-61)55-45(69)53-25-7-11-47-15-25)51-23-3-5-24(6-4-23)52-38-32-40(64(22-50-32)42-36(68)34(66)30(74-42)20-72-2)60-44(58-38)62-14-10-28(18-62)56-46(70)54-26-8-12-48-16-26/h21-30,33-36,41-42,47-48,65-68H,3-20H2,1-2H3,(H,51,57,59)(H,52,58,60)(H2,53,55,69)(H2,54,56,70)/t23-,24-,25-,26-,27-,28-,29-,30-,33-,34-,35-,36-,41-,42-/m1/s1. The molecule has 4 aromatic heterocycles. The zero-order chi connectivity index (χ0) is 51.0. The second-order valence-corrected chi connectivity index (χ2v) is 20.7. The van der Waals surface area contributed by atoms with Gasteiger partial charge in [0.1, 0.15) is 36.6 Å². The van der Waals surface area contributed by atoms with Crippen molar-refractivity contribution in [3.63, 3.8) is 0 Å². The summed E-state index contributed by atoms with van der Waals surface area (Å²) in [6.07, 6.45) is 0.771. The molecule has 28 nitrogen and oxygen atoms in total. The van der Waals surface area contributed by atoms with Gasteiger partial charge in [-0.05, 0) is 64.5 Å². The number of aliphatic hydroxyl groups excluding tert-OH is 4. The fraction of sp³-hybridized carbons (Fsp3) is 0.739. The average molecular weight is 1040 g/mol. The lowest BCUT2D eigenvalue weighted by atomic mass is 9.91. The van der Waals surface area contributed by atoms with Crippen molar-refractivity contribution in [2.75, 3.05) is 100 Å². The molecule has 4 amide bonds. The Morgan fingerprint density at radius 1 is 0.581 bits per heavy atom. The van der Waals surface area contributed by atoms with Crippen molar-refractivity contribution in [3.05, 3.63) is 12.7 Å². The largest absolute Gasteiger partial charge is 0.387 e. The molecule has 0 bridgehead atoms. The molecule has 1 aliphatic carbocycles. The number of methoxy groups -OCH3 is 2. The normalized spacial score (nSPS) is 33.3. The predicted octanol–water partition coefficient (Wildman–Crippen LogP) is -2.19. The third-order valence-electron chi connectivity index (χ3n) is 15.5. The molecule has 404 valence electrons. The Bertz CT molecular complexity index is 2420. The number of anilines is 4. The molecule has 12 atom stereocenters.